The van der Waals surface area contributed by atoms with Crippen LogP contribution in [0.4, 0.5) is 14.6 Å². The Balaban J connectivity index is 2.04. The number of anilines is 1. The molecule has 0 unspecified atom stereocenters. The standard InChI is InChI=1S/C12H8ClF2N5/c13-12-18-10(16)9-11(19-12)20(5-17-9)4-6-1-2-7(14)8(15)3-6/h1-3,5H,4H2,(H2,16,18,19). The fourth-order valence-corrected chi connectivity index (χ4v) is 2.06. The molecule has 2 N–H and O–H groups in total. The molecule has 0 fully saturated rings. The van der Waals surface area contributed by atoms with Gasteiger partial charge in [-0.3, -0.25) is 0 Å². The number of aromatic nitrogens is 4. The van der Waals surface area contributed by atoms with Crippen LogP contribution in [0.25, 0.3) is 11.2 Å². The summed E-state index contributed by atoms with van der Waals surface area (Å²) in [6.07, 6.45) is 1.49. The lowest BCUT2D eigenvalue weighted by Crippen LogP contribution is -2.02. The molecule has 0 saturated heterocycles. The van der Waals surface area contributed by atoms with Gasteiger partial charge in [0.1, 0.15) is 5.52 Å². The lowest BCUT2D eigenvalue weighted by molar-refractivity contribution is 0.506. The Kier molecular flexibility index (Phi) is 2.98. The van der Waals surface area contributed by atoms with Crippen LogP contribution in [0.15, 0.2) is 24.5 Å². The monoisotopic (exact) mass is 295 g/mol. The largest absolute Gasteiger partial charge is 0.382 e. The Morgan fingerprint density at radius 2 is 2.00 bits per heavy atom. The molecule has 2 aromatic heterocycles. The SMILES string of the molecule is Nc1nc(Cl)nc2c1ncn2Cc1ccc(F)c(F)c1. The van der Waals surface area contributed by atoms with E-state index in [1.165, 1.54) is 12.4 Å². The van der Waals surface area contributed by atoms with Gasteiger partial charge >= 0.3 is 0 Å². The maximum Gasteiger partial charge on any atom is 0.226 e. The summed E-state index contributed by atoms with van der Waals surface area (Å²) < 4.78 is 27.7. The smallest absolute Gasteiger partial charge is 0.226 e. The number of hydrogen-bond donors (Lipinski definition) is 1. The van der Waals surface area contributed by atoms with E-state index < -0.39 is 11.6 Å². The van der Waals surface area contributed by atoms with Crippen LogP contribution in [0.1, 0.15) is 5.56 Å². The maximum absolute atomic E-state index is 13.2. The first-order valence-corrected chi connectivity index (χ1v) is 6.00. The predicted octanol–water partition coefficient (Wildman–Crippen LogP) is 2.39. The Hall–Kier alpha value is -2.28. The van der Waals surface area contributed by atoms with E-state index in [9.17, 15) is 8.78 Å². The van der Waals surface area contributed by atoms with Crippen molar-refractivity contribution in [2.45, 2.75) is 6.54 Å². The van der Waals surface area contributed by atoms with Gasteiger partial charge in [0.05, 0.1) is 12.9 Å². The second-order valence-electron chi connectivity index (χ2n) is 4.17. The third-order valence-corrected chi connectivity index (χ3v) is 2.97. The fraction of sp³-hybridized carbons (Fsp3) is 0.0833. The molecular formula is C12H8ClF2N5. The zero-order valence-corrected chi connectivity index (χ0v) is 10.8. The van der Waals surface area contributed by atoms with Gasteiger partial charge in [0.2, 0.25) is 5.28 Å². The molecule has 0 radical (unpaired) electrons. The van der Waals surface area contributed by atoms with E-state index in [2.05, 4.69) is 15.0 Å². The van der Waals surface area contributed by atoms with Crippen LogP contribution in [0.5, 0.6) is 0 Å². The van der Waals surface area contributed by atoms with Crippen LogP contribution in [0.2, 0.25) is 5.28 Å². The molecule has 0 aliphatic rings. The van der Waals surface area contributed by atoms with Crippen LogP contribution in [0.3, 0.4) is 0 Å². The molecule has 0 amide bonds. The first-order valence-electron chi connectivity index (χ1n) is 5.62. The highest BCUT2D eigenvalue weighted by Crippen LogP contribution is 2.19. The first kappa shape index (κ1) is 12.7. The molecule has 20 heavy (non-hydrogen) atoms. The summed E-state index contributed by atoms with van der Waals surface area (Å²) in [5, 5.41) is 0.00189. The van der Waals surface area contributed by atoms with Gasteiger partial charge < -0.3 is 10.3 Å². The summed E-state index contributed by atoms with van der Waals surface area (Å²) in [4.78, 5) is 11.9. The van der Waals surface area contributed by atoms with E-state index in [1.54, 1.807) is 4.57 Å². The minimum absolute atomic E-state index is 0.00189. The van der Waals surface area contributed by atoms with Crippen molar-refractivity contribution in [3.05, 3.63) is 47.0 Å². The van der Waals surface area contributed by atoms with Gasteiger partial charge in [-0.25, -0.2) is 13.8 Å². The molecule has 0 aliphatic heterocycles. The van der Waals surface area contributed by atoms with Gasteiger partial charge in [-0.05, 0) is 29.3 Å². The lowest BCUT2D eigenvalue weighted by atomic mass is 10.2. The molecule has 8 heteroatoms. The number of nitrogen functional groups attached to an aromatic ring is 1. The minimum atomic E-state index is -0.904. The highest BCUT2D eigenvalue weighted by atomic mass is 35.5. The third-order valence-electron chi connectivity index (χ3n) is 2.80. The second kappa shape index (κ2) is 4.68. The van der Waals surface area contributed by atoms with E-state index >= 15 is 0 Å². The lowest BCUT2D eigenvalue weighted by Gasteiger charge is -2.05. The van der Waals surface area contributed by atoms with Crippen molar-refractivity contribution < 1.29 is 8.78 Å². The number of nitrogens with zero attached hydrogens (tertiary/aromatic N) is 4. The van der Waals surface area contributed by atoms with Crippen molar-refractivity contribution >= 4 is 28.6 Å². The molecule has 102 valence electrons. The van der Waals surface area contributed by atoms with E-state index in [0.717, 1.165) is 12.1 Å². The Morgan fingerprint density at radius 1 is 1.20 bits per heavy atom. The molecule has 0 saturated carbocycles. The summed E-state index contributed by atoms with van der Waals surface area (Å²) in [7, 11) is 0. The number of benzene rings is 1. The molecule has 0 aliphatic carbocycles. The Morgan fingerprint density at radius 3 is 2.75 bits per heavy atom. The summed E-state index contributed by atoms with van der Waals surface area (Å²) >= 11 is 5.75. The molecule has 0 spiro atoms. The van der Waals surface area contributed by atoms with Crippen molar-refractivity contribution in [2.75, 3.05) is 5.73 Å². The predicted molar refractivity (Wildman–Crippen MR) is 70.2 cm³/mol. The second-order valence-corrected chi connectivity index (χ2v) is 4.51. The first-order chi connectivity index (χ1) is 9.54. The van der Waals surface area contributed by atoms with Gasteiger partial charge in [-0.1, -0.05) is 6.07 Å². The van der Waals surface area contributed by atoms with Crippen LogP contribution in [-0.4, -0.2) is 19.5 Å². The summed E-state index contributed by atoms with van der Waals surface area (Å²) in [5.41, 5.74) is 7.10. The quantitative estimate of drug-likeness (QED) is 0.737. The number of imidazole rings is 1. The van der Waals surface area contributed by atoms with Crippen LogP contribution in [-0.2, 0) is 6.54 Å². The zero-order chi connectivity index (χ0) is 14.3. The molecule has 2 heterocycles. The Labute approximate surface area is 117 Å². The molecule has 1 aromatic carbocycles. The third kappa shape index (κ3) is 2.16. The van der Waals surface area contributed by atoms with Gasteiger partial charge in [0.25, 0.3) is 0 Å². The zero-order valence-electron chi connectivity index (χ0n) is 10.0. The van der Waals surface area contributed by atoms with Gasteiger partial charge in [-0.2, -0.15) is 9.97 Å². The van der Waals surface area contributed by atoms with Gasteiger partial charge in [0.15, 0.2) is 23.1 Å². The van der Waals surface area contributed by atoms with Crippen LogP contribution >= 0.6 is 11.6 Å². The average Bonchev–Trinajstić information content (AvgIpc) is 2.77. The van der Waals surface area contributed by atoms with Crippen molar-refractivity contribution in [3.8, 4) is 0 Å². The molecule has 5 nitrogen and oxygen atoms in total. The van der Waals surface area contributed by atoms with Crippen LogP contribution < -0.4 is 5.73 Å². The minimum Gasteiger partial charge on any atom is -0.382 e. The normalized spacial score (nSPS) is 11.2. The number of rotatable bonds is 2. The molecule has 3 rings (SSSR count). The fourth-order valence-electron chi connectivity index (χ4n) is 1.89. The van der Waals surface area contributed by atoms with E-state index in [0.29, 0.717) is 16.7 Å². The van der Waals surface area contributed by atoms with Crippen molar-refractivity contribution in [1.82, 2.24) is 19.5 Å². The van der Waals surface area contributed by atoms with Crippen molar-refractivity contribution in [3.63, 3.8) is 0 Å². The summed E-state index contributed by atoms with van der Waals surface area (Å²) in [6.45, 7) is 0.264. The average molecular weight is 296 g/mol. The molecule has 3 aromatic rings. The number of fused-ring (bicyclic) bond motifs is 1. The maximum atomic E-state index is 13.2. The highest BCUT2D eigenvalue weighted by molar-refractivity contribution is 6.28. The van der Waals surface area contributed by atoms with Crippen molar-refractivity contribution in [2.24, 2.45) is 0 Å². The van der Waals surface area contributed by atoms with E-state index in [1.807, 2.05) is 0 Å². The van der Waals surface area contributed by atoms with Gasteiger partial charge in [0, 0.05) is 0 Å². The number of nitrogens with two attached hydrogens (primary N) is 1. The van der Waals surface area contributed by atoms with Gasteiger partial charge in [-0.15, -0.1) is 0 Å². The number of halogens is 3. The molecule has 0 bridgehead atoms. The molecule has 0 atom stereocenters. The van der Waals surface area contributed by atoms with E-state index in [-0.39, 0.29) is 17.6 Å². The van der Waals surface area contributed by atoms with Crippen LogP contribution in [0, 0.1) is 11.6 Å². The Bertz CT molecular complexity index is 802. The number of hydrogen-bond acceptors (Lipinski definition) is 4. The highest BCUT2D eigenvalue weighted by Gasteiger charge is 2.11. The summed E-state index contributed by atoms with van der Waals surface area (Å²) in [5.74, 6) is -1.62. The topological polar surface area (TPSA) is 69.6 Å². The van der Waals surface area contributed by atoms with E-state index in [4.69, 9.17) is 17.3 Å². The van der Waals surface area contributed by atoms with Crippen molar-refractivity contribution in [1.29, 1.82) is 0 Å². The molecular weight excluding hydrogens is 288 g/mol. The summed E-state index contributed by atoms with van der Waals surface area (Å²) in [6, 6.07) is 3.67.